The average molecular weight is 711 g/mol. The van der Waals surface area contributed by atoms with Crippen molar-refractivity contribution in [3.05, 3.63) is 182 Å². The van der Waals surface area contributed by atoms with Gasteiger partial charge in [-0.15, -0.1) is 11.3 Å². The van der Waals surface area contributed by atoms with E-state index in [1.165, 1.54) is 31.3 Å². The van der Waals surface area contributed by atoms with E-state index in [1.54, 1.807) is 11.3 Å². The first-order valence-corrected chi connectivity index (χ1v) is 18.8. The largest absolute Gasteiger partial charge is 0.456 e. The minimum absolute atomic E-state index is 0.640. The monoisotopic (exact) mass is 710 g/mol. The van der Waals surface area contributed by atoms with Gasteiger partial charge in [0.1, 0.15) is 16.7 Å². The topological polar surface area (TPSA) is 42.4 Å². The lowest BCUT2D eigenvalue weighted by molar-refractivity contribution is 0.620. The molecule has 0 aliphatic rings. The van der Waals surface area contributed by atoms with Crippen LogP contribution in [0.15, 0.2) is 191 Å². The third kappa shape index (κ3) is 5.09. The number of oxazole rings is 1. The number of hydrogen-bond acceptors (Lipinski definition) is 5. The van der Waals surface area contributed by atoms with Gasteiger partial charge in [-0.25, -0.2) is 4.98 Å². The van der Waals surface area contributed by atoms with Crippen LogP contribution in [0, 0.1) is 0 Å². The molecule has 0 N–H and O–H groups in total. The number of rotatable bonds is 6. The summed E-state index contributed by atoms with van der Waals surface area (Å²) in [5.41, 5.74) is 12.2. The molecule has 0 amide bonds. The smallest absolute Gasteiger partial charge is 0.227 e. The van der Waals surface area contributed by atoms with E-state index >= 15 is 0 Å². The highest BCUT2D eigenvalue weighted by Crippen LogP contribution is 2.44. The Kier molecular flexibility index (Phi) is 7.00. The molecule has 0 radical (unpaired) electrons. The first-order valence-electron chi connectivity index (χ1n) is 18.0. The van der Waals surface area contributed by atoms with Gasteiger partial charge in [0.15, 0.2) is 5.58 Å². The Labute approximate surface area is 314 Å². The Morgan fingerprint density at radius 1 is 0.407 bits per heavy atom. The summed E-state index contributed by atoms with van der Waals surface area (Å²) in [7, 11) is 0. The summed E-state index contributed by atoms with van der Waals surface area (Å²) in [6, 6.07) is 63.9. The minimum atomic E-state index is 0.640. The van der Waals surface area contributed by atoms with E-state index in [-0.39, 0.29) is 0 Å². The van der Waals surface area contributed by atoms with Crippen molar-refractivity contribution in [1.29, 1.82) is 0 Å². The average Bonchev–Trinajstić information content (AvgIpc) is 3.94. The molecule has 0 spiro atoms. The Bertz CT molecular complexity index is 3160. The molecule has 0 saturated heterocycles. The summed E-state index contributed by atoms with van der Waals surface area (Å²) in [5.74, 6) is 0.640. The molecule has 0 aliphatic heterocycles. The number of aromatic nitrogens is 1. The van der Waals surface area contributed by atoms with E-state index in [2.05, 4.69) is 144 Å². The van der Waals surface area contributed by atoms with Crippen molar-refractivity contribution < 1.29 is 8.83 Å². The van der Waals surface area contributed by atoms with Crippen LogP contribution in [-0.2, 0) is 0 Å². The van der Waals surface area contributed by atoms with Crippen LogP contribution < -0.4 is 4.90 Å². The fourth-order valence-electron chi connectivity index (χ4n) is 7.74. The molecule has 4 nitrogen and oxygen atoms in total. The van der Waals surface area contributed by atoms with Gasteiger partial charge in [0, 0.05) is 59.6 Å². The van der Waals surface area contributed by atoms with Crippen LogP contribution in [0.1, 0.15) is 0 Å². The van der Waals surface area contributed by atoms with Crippen molar-refractivity contribution in [2.24, 2.45) is 0 Å². The number of hydrogen-bond donors (Lipinski definition) is 0. The number of fused-ring (bicyclic) bond motifs is 7. The SMILES string of the molecule is c1ccc(-c2cccc(N(c3ccc(-c4cccc5sc6cc7nc(-c8ccccc8)oc7cc6c45)cc3)c3ccc4c(c3)oc3ccccc34)c2)cc1. The maximum Gasteiger partial charge on any atom is 0.227 e. The van der Waals surface area contributed by atoms with Gasteiger partial charge in [0.25, 0.3) is 0 Å². The van der Waals surface area contributed by atoms with Crippen LogP contribution in [-0.4, -0.2) is 4.98 Å². The highest BCUT2D eigenvalue weighted by Gasteiger charge is 2.19. The van der Waals surface area contributed by atoms with Crippen LogP contribution in [0.2, 0.25) is 0 Å². The zero-order chi connectivity index (χ0) is 35.6. The Balaban J connectivity index is 1.03. The molecule has 11 aromatic rings. The van der Waals surface area contributed by atoms with Gasteiger partial charge in [-0.1, -0.05) is 103 Å². The van der Waals surface area contributed by atoms with E-state index in [0.29, 0.717) is 5.89 Å². The van der Waals surface area contributed by atoms with Crippen molar-refractivity contribution >= 4 is 81.6 Å². The zero-order valence-corrected chi connectivity index (χ0v) is 29.8. The summed E-state index contributed by atoms with van der Waals surface area (Å²) in [4.78, 5) is 7.15. The van der Waals surface area contributed by atoms with Crippen LogP contribution in [0.25, 0.3) is 86.9 Å². The van der Waals surface area contributed by atoms with Gasteiger partial charge in [0.05, 0.1) is 0 Å². The predicted molar refractivity (Wildman–Crippen MR) is 225 cm³/mol. The highest BCUT2D eigenvalue weighted by molar-refractivity contribution is 7.26. The third-order valence-electron chi connectivity index (χ3n) is 10.3. The van der Waals surface area contributed by atoms with E-state index in [9.17, 15) is 0 Å². The van der Waals surface area contributed by atoms with Gasteiger partial charge in [-0.2, -0.15) is 0 Å². The van der Waals surface area contributed by atoms with Crippen molar-refractivity contribution in [3.63, 3.8) is 0 Å². The zero-order valence-electron chi connectivity index (χ0n) is 28.9. The number of thiophene rings is 1. The molecule has 3 heterocycles. The fraction of sp³-hybridized carbons (Fsp3) is 0. The lowest BCUT2D eigenvalue weighted by Gasteiger charge is -2.26. The number of nitrogens with zero attached hydrogens (tertiary/aromatic N) is 2. The number of furan rings is 1. The number of benzene rings is 8. The van der Waals surface area contributed by atoms with Gasteiger partial charge in [-0.05, 0) is 95.1 Å². The molecular weight excluding hydrogens is 681 g/mol. The molecule has 11 rings (SSSR count). The highest BCUT2D eigenvalue weighted by atomic mass is 32.1. The maximum absolute atomic E-state index is 6.37. The summed E-state index contributed by atoms with van der Waals surface area (Å²) in [6.07, 6.45) is 0. The lowest BCUT2D eigenvalue weighted by Crippen LogP contribution is -2.10. The second-order valence-electron chi connectivity index (χ2n) is 13.6. The minimum Gasteiger partial charge on any atom is -0.456 e. The molecule has 0 atom stereocenters. The van der Waals surface area contributed by atoms with Gasteiger partial charge < -0.3 is 13.7 Å². The number of para-hydroxylation sites is 1. The molecule has 0 unspecified atom stereocenters. The second kappa shape index (κ2) is 12.3. The molecule has 54 heavy (non-hydrogen) atoms. The van der Waals surface area contributed by atoms with Crippen molar-refractivity contribution in [2.45, 2.75) is 0 Å². The van der Waals surface area contributed by atoms with Crippen molar-refractivity contribution in [1.82, 2.24) is 4.98 Å². The normalized spacial score (nSPS) is 11.7. The molecule has 0 aliphatic carbocycles. The lowest BCUT2D eigenvalue weighted by atomic mass is 9.98. The van der Waals surface area contributed by atoms with Gasteiger partial charge in [-0.3, -0.25) is 0 Å². The van der Waals surface area contributed by atoms with Gasteiger partial charge >= 0.3 is 0 Å². The quantitative estimate of drug-likeness (QED) is 0.172. The van der Waals surface area contributed by atoms with E-state index < -0.39 is 0 Å². The molecule has 5 heteroatoms. The fourth-order valence-corrected chi connectivity index (χ4v) is 8.88. The van der Waals surface area contributed by atoms with Crippen LogP contribution in [0.4, 0.5) is 17.1 Å². The van der Waals surface area contributed by atoms with E-state index in [0.717, 1.165) is 66.8 Å². The summed E-state index contributed by atoms with van der Waals surface area (Å²) < 4.78 is 15.1. The first-order chi connectivity index (χ1) is 26.7. The molecule has 0 bridgehead atoms. The Hall–Kier alpha value is -6.95. The van der Waals surface area contributed by atoms with Crippen LogP contribution in [0.5, 0.6) is 0 Å². The molecule has 0 saturated carbocycles. The van der Waals surface area contributed by atoms with Crippen LogP contribution >= 0.6 is 11.3 Å². The molecular formula is C49H30N2O2S. The molecule has 3 aromatic heterocycles. The van der Waals surface area contributed by atoms with Crippen LogP contribution in [0.3, 0.4) is 0 Å². The van der Waals surface area contributed by atoms with Crippen molar-refractivity contribution in [2.75, 3.05) is 4.90 Å². The standard InChI is InChI=1S/C49H30N2O2S/c1-3-11-31(12-4-1)34-15-9-16-36(27-34)51(37-25-26-40-39-17-7-8-19-43(39)52-44(40)28-37)35-23-21-32(22-24-35)38-18-10-20-46-48(38)41-29-45-42(30-47(41)54-46)50-49(53-45)33-13-5-2-6-14-33/h1-30H. The summed E-state index contributed by atoms with van der Waals surface area (Å²) >= 11 is 1.80. The van der Waals surface area contributed by atoms with Crippen molar-refractivity contribution in [3.8, 4) is 33.7 Å². The Morgan fingerprint density at radius 2 is 1.11 bits per heavy atom. The van der Waals surface area contributed by atoms with E-state index in [4.69, 9.17) is 13.8 Å². The second-order valence-corrected chi connectivity index (χ2v) is 14.6. The third-order valence-corrected chi connectivity index (χ3v) is 11.4. The molecule has 8 aromatic carbocycles. The Morgan fingerprint density at radius 3 is 1.96 bits per heavy atom. The predicted octanol–water partition coefficient (Wildman–Crippen LogP) is 14.6. The maximum atomic E-state index is 6.37. The number of anilines is 3. The van der Waals surface area contributed by atoms with E-state index in [1.807, 2.05) is 42.5 Å². The molecule has 0 fully saturated rings. The molecule has 254 valence electrons. The summed E-state index contributed by atoms with van der Waals surface area (Å²) in [5, 5.41) is 4.64. The first kappa shape index (κ1) is 30.7. The summed E-state index contributed by atoms with van der Waals surface area (Å²) in [6.45, 7) is 0. The van der Waals surface area contributed by atoms with Gasteiger partial charge in [0.2, 0.25) is 5.89 Å².